The van der Waals surface area contributed by atoms with E-state index in [-0.39, 0.29) is 5.97 Å². The van der Waals surface area contributed by atoms with Gasteiger partial charge in [-0.1, -0.05) is 25.7 Å². The minimum atomic E-state index is -0.552. The van der Waals surface area contributed by atoms with E-state index in [4.69, 9.17) is 9.47 Å². The number of methoxy groups -OCH3 is 1. The third-order valence-corrected chi connectivity index (χ3v) is 4.50. The normalized spacial score (nSPS) is 27.0. The highest BCUT2D eigenvalue weighted by Crippen LogP contribution is 2.39. The summed E-state index contributed by atoms with van der Waals surface area (Å²) >= 11 is 0. The van der Waals surface area contributed by atoms with Gasteiger partial charge < -0.3 is 9.47 Å². The number of esters is 1. The number of rotatable bonds is 2. The van der Waals surface area contributed by atoms with Gasteiger partial charge in [-0.05, 0) is 39.0 Å². The van der Waals surface area contributed by atoms with E-state index in [0.717, 1.165) is 0 Å². The van der Waals surface area contributed by atoms with Crippen molar-refractivity contribution in [3.05, 3.63) is 0 Å². The molecule has 0 unspecified atom stereocenters. The second kappa shape index (κ2) is 6.24. The van der Waals surface area contributed by atoms with Crippen molar-refractivity contribution in [3.8, 4) is 0 Å². The number of carbonyl (C=O) groups is 2. The van der Waals surface area contributed by atoms with Crippen LogP contribution in [-0.4, -0.2) is 42.3 Å². The number of amides is 1. The van der Waals surface area contributed by atoms with Crippen molar-refractivity contribution < 1.29 is 19.1 Å². The lowest BCUT2D eigenvalue weighted by Gasteiger charge is -2.27. The zero-order valence-electron chi connectivity index (χ0n) is 13.6. The van der Waals surface area contributed by atoms with Gasteiger partial charge in [0.1, 0.15) is 11.6 Å². The van der Waals surface area contributed by atoms with Gasteiger partial charge in [0.05, 0.1) is 7.11 Å². The van der Waals surface area contributed by atoms with Gasteiger partial charge in [-0.3, -0.25) is 4.90 Å². The molecule has 0 aromatic carbocycles. The highest BCUT2D eigenvalue weighted by Gasteiger charge is 2.44. The number of hydrogen-bond donors (Lipinski definition) is 0. The van der Waals surface area contributed by atoms with E-state index >= 15 is 0 Å². The largest absolute Gasteiger partial charge is 0.467 e. The van der Waals surface area contributed by atoms with Crippen LogP contribution in [0.5, 0.6) is 0 Å². The first-order valence-electron chi connectivity index (χ1n) is 7.89. The summed E-state index contributed by atoms with van der Waals surface area (Å²) in [6.07, 6.45) is 5.24. The molecule has 1 aliphatic heterocycles. The van der Waals surface area contributed by atoms with Crippen LogP contribution in [-0.2, 0) is 14.3 Å². The molecule has 0 N–H and O–H groups in total. The molecule has 2 fully saturated rings. The molecule has 1 heterocycles. The van der Waals surface area contributed by atoms with Crippen LogP contribution >= 0.6 is 0 Å². The predicted molar refractivity (Wildman–Crippen MR) is 78.8 cm³/mol. The number of carbonyl (C=O) groups excluding carboxylic acids is 2. The Morgan fingerprint density at radius 3 is 2.24 bits per heavy atom. The lowest BCUT2D eigenvalue weighted by Crippen LogP contribution is -2.43. The molecule has 1 amide bonds. The summed E-state index contributed by atoms with van der Waals surface area (Å²) in [5, 5.41) is 0. The second-order valence-corrected chi connectivity index (χ2v) is 7.21. The SMILES string of the molecule is COC(=O)[C@@H]1C[C@@H](C2CCCC2)CN1C(=O)OC(C)(C)C. The van der Waals surface area contributed by atoms with Crippen LogP contribution < -0.4 is 0 Å². The molecule has 21 heavy (non-hydrogen) atoms. The van der Waals surface area contributed by atoms with Crippen LogP contribution in [0.1, 0.15) is 52.9 Å². The third-order valence-electron chi connectivity index (χ3n) is 4.50. The molecule has 120 valence electrons. The molecule has 0 spiro atoms. The highest BCUT2D eigenvalue weighted by molar-refractivity contribution is 5.82. The Bertz CT molecular complexity index is 396. The first kappa shape index (κ1) is 16.1. The first-order chi connectivity index (χ1) is 9.81. The minimum Gasteiger partial charge on any atom is -0.467 e. The van der Waals surface area contributed by atoms with E-state index in [1.807, 2.05) is 20.8 Å². The summed E-state index contributed by atoms with van der Waals surface area (Å²) in [4.78, 5) is 25.9. The van der Waals surface area contributed by atoms with Gasteiger partial charge in [-0.15, -0.1) is 0 Å². The van der Waals surface area contributed by atoms with E-state index in [1.165, 1.54) is 32.8 Å². The quantitative estimate of drug-likeness (QED) is 0.735. The van der Waals surface area contributed by atoms with E-state index in [0.29, 0.717) is 24.8 Å². The molecule has 0 aromatic heterocycles. The summed E-state index contributed by atoms with van der Waals surface area (Å²) < 4.78 is 10.3. The van der Waals surface area contributed by atoms with E-state index in [9.17, 15) is 9.59 Å². The fourth-order valence-electron chi connectivity index (χ4n) is 3.52. The topological polar surface area (TPSA) is 55.8 Å². The molecule has 0 radical (unpaired) electrons. The van der Waals surface area contributed by atoms with Gasteiger partial charge in [0.2, 0.25) is 0 Å². The summed E-state index contributed by atoms with van der Waals surface area (Å²) in [5.74, 6) is 0.690. The summed E-state index contributed by atoms with van der Waals surface area (Å²) in [6.45, 7) is 6.12. The lowest BCUT2D eigenvalue weighted by atomic mass is 9.89. The molecular formula is C16H27NO4. The van der Waals surface area contributed by atoms with Crippen LogP contribution in [0.15, 0.2) is 0 Å². The van der Waals surface area contributed by atoms with Crippen molar-refractivity contribution in [2.75, 3.05) is 13.7 Å². The molecule has 2 aliphatic rings. The number of nitrogens with zero attached hydrogens (tertiary/aromatic N) is 1. The minimum absolute atomic E-state index is 0.332. The van der Waals surface area contributed by atoms with E-state index < -0.39 is 17.7 Å². The van der Waals surface area contributed by atoms with Gasteiger partial charge in [0.15, 0.2) is 0 Å². The Morgan fingerprint density at radius 1 is 1.10 bits per heavy atom. The third kappa shape index (κ3) is 3.89. The van der Waals surface area contributed by atoms with Crippen molar-refractivity contribution in [2.24, 2.45) is 11.8 Å². The highest BCUT2D eigenvalue weighted by atomic mass is 16.6. The fraction of sp³-hybridized carbons (Fsp3) is 0.875. The number of ether oxygens (including phenoxy) is 2. The van der Waals surface area contributed by atoms with Crippen molar-refractivity contribution in [2.45, 2.75) is 64.5 Å². The van der Waals surface area contributed by atoms with Crippen molar-refractivity contribution in [3.63, 3.8) is 0 Å². The molecule has 1 aliphatic carbocycles. The van der Waals surface area contributed by atoms with Crippen molar-refractivity contribution in [1.82, 2.24) is 4.90 Å². The molecule has 0 bridgehead atoms. The predicted octanol–water partition coefficient (Wildman–Crippen LogP) is 2.98. The average molecular weight is 297 g/mol. The van der Waals surface area contributed by atoms with Crippen LogP contribution in [0.2, 0.25) is 0 Å². The Labute approximate surface area is 127 Å². The molecule has 5 heteroatoms. The Hall–Kier alpha value is -1.26. The standard InChI is InChI=1S/C16H27NO4/c1-16(2,3)21-15(19)17-10-12(11-7-5-6-8-11)9-13(17)14(18)20-4/h11-13H,5-10H2,1-4H3/t12-,13+/m1/s1. The maximum Gasteiger partial charge on any atom is 0.411 e. The molecule has 0 aromatic rings. The monoisotopic (exact) mass is 297 g/mol. The first-order valence-corrected chi connectivity index (χ1v) is 7.89. The Morgan fingerprint density at radius 2 is 1.71 bits per heavy atom. The Kier molecular flexibility index (Phi) is 4.79. The van der Waals surface area contributed by atoms with Crippen molar-refractivity contribution >= 4 is 12.1 Å². The summed E-state index contributed by atoms with van der Waals surface area (Å²) in [6, 6.07) is -0.490. The van der Waals surface area contributed by atoms with Crippen LogP contribution in [0.3, 0.4) is 0 Å². The van der Waals surface area contributed by atoms with Crippen LogP contribution in [0.4, 0.5) is 4.79 Å². The second-order valence-electron chi connectivity index (χ2n) is 7.21. The zero-order chi connectivity index (χ0) is 15.6. The molecule has 5 nitrogen and oxygen atoms in total. The zero-order valence-corrected chi connectivity index (χ0v) is 13.6. The average Bonchev–Trinajstić information content (AvgIpc) is 3.04. The van der Waals surface area contributed by atoms with Crippen LogP contribution in [0, 0.1) is 11.8 Å². The van der Waals surface area contributed by atoms with E-state index in [2.05, 4.69) is 0 Å². The molecule has 2 atom stereocenters. The van der Waals surface area contributed by atoms with Crippen molar-refractivity contribution in [1.29, 1.82) is 0 Å². The van der Waals surface area contributed by atoms with Gasteiger partial charge in [0, 0.05) is 6.54 Å². The van der Waals surface area contributed by atoms with Gasteiger partial charge in [0.25, 0.3) is 0 Å². The maximum absolute atomic E-state index is 12.3. The summed E-state index contributed by atoms with van der Waals surface area (Å²) in [7, 11) is 1.37. The number of likely N-dealkylation sites (tertiary alicyclic amines) is 1. The number of hydrogen-bond acceptors (Lipinski definition) is 4. The van der Waals surface area contributed by atoms with Gasteiger partial charge in [-0.25, -0.2) is 9.59 Å². The molecule has 2 rings (SSSR count). The maximum atomic E-state index is 12.3. The van der Waals surface area contributed by atoms with Gasteiger partial charge in [-0.2, -0.15) is 0 Å². The smallest absolute Gasteiger partial charge is 0.411 e. The Balaban J connectivity index is 2.08. The molecule has 1 saturated carbocycles. The van der Waals surface area contributed by atoms with Crippen LogP contribution in [0.25, 0.3) is 0 Å². The lowest BCUT2D eigenvalue weighted by molar-refractivity contribution is -0.145. The summed E-state index contributed by atoms with van der Waals surface area (Å²) in [5.41, 5.74) is -0.552. The molecule has 1 saturated heterocycles. The van der Waals surface area contributed by atoms with Gasteiger partial charge >= 0.3 is 12.1 Å². The van der Waals surface area contributed by atoms with E-state index in [1.54, 1.807) is 4.90 Å². The fourth-order valence-corrected chi connectivity index (χ4v) is 3.52. The molecular weight excluding hydrogens is 270 g/mol.